The molecule has 114 valence electrons. The summed E-state index contributed by atoms with van der Waals surface area (Å²) < 4.78 is 27.7. The van der Waals surface area contributed by atoms with E-state index in [0.717, 1.165) is 10.0 Å². The van der Waals surface area contributed by atoms with Crippen LogP contribution in [0.3, 0.4) is 0 Å². The van der Waals surface area contributed by atoms with Crippen LogP contribution in [0.1, 0.15) is 12.5 Å². The van der Waals surface area contributed by atoms with E-state index in [1.165, 1.54) is 4.31 Å². The van der Waals surface area contributed by atoms with Gasteiger partial charge in [0.05, 0.1) is 23.1 Å². The van der Waals surface area contributed by atoms with Gasteiger partial charge in [-0.2, -0.15) is 5.26 Å². The van der Waals surface area contributed by atoms with Crippen LogP contribution in [0.2, 0.25) is 0 Å². The van der Waals surface area contributed by atoms with Gasteiger partial charge in [-0.1, -0.05) is 28.1 Å². The fourth-order valence-corrected chi connectivity index (χ4v) is 3.83. The Morgan fingerprint density at radius 1 is 1.09 bits per heavy atom. The van der Waals surface area contributed by atoms with E-state index in [9.17, 15) is 8.42 Å². The van der Waals surface area contributed by atoms with Crippen molar-refractivity contribution in [2.75, 3.05) is 10.8 Å². The Hall–Kier alpha value is -1.84. The Morgan fingerprint density at radius 2 is 1.68 bits per heavy atom. The zero-order valence-electron chi connectivity index (χ0n) is 12.0. The van der Waals surface area contributed by atoms with E-state index in [-0.39, 0.29) is 4.90 Å². The first kappa shape index (κ1) is 16.5. The molecule has 0 aliphatic heterocycles. The molecular weight excluding hydrogens is 364 g/mol. The Kier molecular flexibility index (Phi) is 5.22. The summed E-state index contributed by atoms with van der Waals surface area (Å²) in [7, 11) is -3.60. The van der Waals surface area contributed by atoms with Gasteiger partial charge >= 0.3 is 0 Å². The van der Waals surface area contributed by atoms with Gasteiger partial charge in [0.15, 0.2) is 0 Å². The van der Waals surface area contributed by atoms with Crippen LogP contribution in [-0.4, -0.2) is 15.0 Å². The van der Waals surface area contributed by atoms with Gasteiger partial charge in [-0.3, -0.25) is 4.31 Å². The maximum Gasteiger partial charge on any atom is 0.264 e. The van der Waals surface area contributed by atoms with Crippen molar-refractivity contribution < 1.29 is 8.42 Å². The summed E-state index contributed by atoms with van der Waals surface area (Å²) in [5.41, 5.74) is 1.45. The fourth-order valence-electron chi connectivity index (χ4n) is 2.10. The van der Waals surface area contributed by atoms with Crippen molar-refractivity contribution in [1.82, 2.24) is 0 Å². The normalized spacial score (nSPS) is 11.0. The highest BCUT2D eigenvalue weighted by atomic mass is 79.9. The molecule has 0 fully saturated rings. The number of rotatable bonds is 5. The van der Waals surface area contributed by atoms with Crippen molar-refractivity contribution in [1.29, 1.82) is 5.26 Å². The number of anilines is 1. The van der Waals surface area contributed by atoms with Gasteiger partial charge in [0.2, 0.25) is 0 Å². The summed E-state index contributed by atoms with van der Waals surface area (Å²) in [4.78, 5) is 0.249. The molecule has 22 heavy (non-hydrogen) atoms. The first-order valence-electron chi connectivity index (χ1n) is 6.73. The SMILES string of the molecule is CCN(c1ccc(CC#N)cc1)S(=O)(=O)c1ccc(Br)cc1. The van der Waals surface area contributed by atoms with Gasteiger partial charge in [-0.05, 0) is 48.9 Å². The van der Waals surface area contributed by atoms with Crippen molar-refractivity contribution in [3.63, 3.8) is 0 Å². The zero-order valence-corrected chi connectivity index (χ0v) is 14.4. The minimum absolute atomic E-state index is 0.249. The molecule has 0 saturated heterocycles. The van der Waals surface area contributed by atoms with Crippen LogP contribution < -0.4 is 4.31 Å². The van der Waals surface area contributed by atoms with Crippen LogP contribution in [-0.2, 0) is 16.4 Å². The third-order valence-corrected chi connectivity index (χ3v) is 5.64. The highest BCUT2D eigenvalue weighted by Gasteiger charge is 2.23. The van der Waals surface area contributed by atoms with Crippen LogP contribution in [0.5, 0.6) is 0 Å². The number of halogens is 1. The minimum atomic E-state index is -3.60. The topological polar surface area (TPSA) is 61.2 Å². The van der Waals surface area contributed by atoms with Crippen LogP contribution in [0.15, 0.2) is 57.9 Å². The van der Waals surface area contributed by atoms with Gasteiger partial charge in [0.1, 0.15) is 0 Å². The predicted molar refractivity (Wildman–Crippen MR) is 90.1 cm³/mol. The lowest BCUT2D eigenvalue weighted by molar-refractivity contribution is 0.592. The van der Waals surface area contributed by atoms with Crippen LogP contribution in [0.4, 0.5) is 5.69 Å². The Bertz CT molecular complexity index is 778. The number of nitrogens with zero attached hydrogens (tertiary/aromatic N) is 2. The predicted octanol–water partition coefficient (Wildman–Crippen LogP) is 3.73. The van der Waals surface area contributed by atoms with Gasteiger partial charge in [-0.15, -0.1) is 0 Å². The quantitative estimate of drug-likeness (QED) is 0.795. The molecule has 6 heteroatoms. The molecule has 0 saturated carbocycles. The smallest absolute Gasteiger partial charge is 0.264 e. The molecule has 0 aromatic heterocycles. The third-order valence-electron chi connectivity index (χ3n) is 3.20. The van der Waals surface area contributed by atoms with Gasteiger partial charge in [0.25, 0.3) is 10.0 Å². The third kappa shape index (κ3) is 3.49. The average molecular weight is 379 g/mol. The van der Waals surface area contributed by atoms with E-state index in [4.69, 9.17) is 5.26 Å². The molecule has 0 aliphatic rings. The first-order chi connectivity index (χ1) is 10.5. The second-order valence-electron chi connectivity index (χ2n) is 4.63. The average Bonchev–Trinajstić information content (AvgIpc) is 2.50. The van der Waals surface area contributed by atoms with Crippen LogP contribution in [0.25, 0.3) is 0 Å². The van der Waals surface area contributed by atoms with E-state index in [2.05, 4.69) is 22.0 Å². The molecular formula is C16H15BrN2O2S. The highest BCUT2D eigenvalue weighted by Crippen LogP contribution is 2.25. The largest absolute Gasteiger partial charge is 0.267 e. The molecule has 4 nitrogen and oxygen atoms in total. The highest BCUT2D eigenvalue weighted by molar-refractivity contribution is 9.10. The van der Waals surface area contributed by atoms with Gasteiger partial charge in [0, 0.05) is 11.0 Å². The molecule has 0 spiro atoms. The summed E-state index contributed by atoms with van der Waals surface area (Å²) in [5.74, 6) is 0. The number of hydrogen-bond donors (Lipinski definition) is 0. The molecule has 2 aromatic carbocycles. The van der Waals surface area contributed by atoms with E-state index in [1.807, 2.05) is 0 Å². The monoisotopic (exact) mass is 378 g/mol. The Balaban J connectivity index is 2.38. The second-order valence-corrected chi connectivity index (χ2v) is 7.40. The Labute approximate surface area is 139 Å². The fraction of sp³-hybridized carbons (Fsp3) is 0.188. The van der Waals surface area contributed by atoms with Crippen LogP contribution >= 0.6 is 15.9 Å². The summed E-state index contributed by atoms with van der Waals surface area (Å²) in [6, 6.07) is 15.6. The van der Waals surface area contributed by atoms with E-state index in [1.54, 1.807) is 55.5 Å². The van der Waals surface area contributed by atoms with Crippen LogP contribution in [0, 0.1) is 11.3 Å². The maximum atomic E-state index is 12.7. The number of sulfonamides is 1. The maximum absolute atomic E-state index is 12.7. The van der Waals surface area contributed by atoms with Gasteiger partial charge < -0.3 is 0 Å². The number of hydrogen-bond acceptors (Lipinski definition) is 3. The Morgan fingerprint density at radius 3 is 2.18 bits per heavy atom. The lowest BCUT2D eigenvalue weighted by atomic mass is 10.1. The lowest BCUT2D eigenvalue weighted by Gasteiger charge is -2.23. The molecule has 0 bridgehead atoms. The summed E-state index contributed by atoms with van der Waals surface area (Å²) >= 11 is 3.30. The summed E-state index contributed by atoms with van der Waals surface area (Å²) in [6.45, 7) is 2.12. The molecule has 2 aromatic rings. The van der Waals surface area contributed by atoms with Crippen molar-refractivity contribution in [2.24, 2.45) is 0 Å². The van der Waals surface area contributed by atoms with Gasteiger partial charge in [-0.25, -0.2) is 8.42 Å². The molecule has 0 aliphatic carbocycles. The number of nitriles is 1. The molecule has 0 amide bonds. The molecule has 2 rings (SSSR count). The molecule has 0 N–H and O–H groups in total. The van der Waals surface area contributed by atoms with Crippen molar-refractivity contribution >= 4 is 31.6 Å². The summed E-state index contributed by atoms with van der Waals surface area (Å²) in [5, 5.41) is 8.68. The number of benzene rings is 2. The minimum Gasteiger partial charge on any atom is -0.267 e. The molecule has 0 unspecified atom stereocenters. The van der Waals surface area contributed by atoms with Crippen molar-refractivity contribution in [3.8, 4) is 6.07 Å². The first-order valence-corrected chi connectivity index (χ1v) is 8.96. The lowest BCUT2D eigenvalue weighted by Crippen LogP contribution is -2.30. The van der Waals surface area contributed by atoms with E-state index in [0.29, 0.717) is 18.7 Å². The standard InChI is InChI=1S/C16H15BrN2O2S/c1-2-19(15-7-3-13(4-8-15)11-12-18)22(20,21)16-9-5-14(17)6-10-16/h3-10H,2,11H2,1H3. The second kappa shape index (κ2) is 6.95. The van der Waals surface area contributed by atoms with E-state index < -0.39 is 10.0 Å². The molecule has 0 radical (unpaired) electrons. The molecule has 0 atom stereocenters. The summed E-state index contributed by atoms with van der Waals surface area (Å²) in [6.07, 6.45) is 0.311. The zero-order chi connectivity index (χ0) is 16.2. The van der Waals surface area contributed by atoms with Crippen molar-refractivity contribution in [3.05, 3.63) is 58.6 Å². The van der Waals surface area contributed by atoms with Crippen molar-refractivity contribution in [2.45, 2.75) is 18.2 Å². The molecule has 0 heterocycles. The van der Waals surface area contributed by atoms with E-state index >= 15 is 0 Å².